The van der Waals surface area contributed by atoms with E-state index < -0.39 is 0 Å². The highest BCUT2D eigenvalue weighted by Crippen LogP contribution is 2.38. The van der Waals surface area contributed by atoms with Crippen molar-refractivity contribution in [2.24, 2.45) is 5.92 Å². The summed E-state index contributed by atoms with van der Waals surface area (Å²) in [7, 11) is 0. The first kappa shape index (κ1) is 22.9. The molecule has 1 aliphatic carbocycles. The third kappa shape index (κ3) is 4.68. The van der Waals surface area contributed by atoms with E-state index >= 15 is 0 Å². The average Bonchev–Trinajstić information content (AvgIpc) is 3.39. The van der Waals surface area contributed by atoms with Gasteiger partial charge < -0.3 is 19.7 Å². The molecule has 0 aromatic heterocycles. The molecule has 0 bridgehead atoms. The molecular formula is C29H34N2O3. The zero-order valence-corrected chi connectivity index (χ0v) is 19.9. The first-order valence-corrected chi connectivity index (χ1v) is 12.5. The summed E-state index contributed by atoms with van der Waals surface area (Å²) in [4.78, 5) is 16.0. The van der Waals surface area contributed by atoms with Crippen LogP contribution in [0.5, 0.6) is 0 Å². The molecule has 1 N–H and O–H groups in total. The van der Waals surface area contributed by atoms with E-state index in [4.69, 9.17) is 9.47 Å². The number of rotatable bonds is 6. The molecule has 5 nitrogen and oxygen atoms in total. The van der Waals surface area contributed by atoms with Crippen molar-refractivity contribution in [2.45, 2.75) is 31.7 Å². The van der Waals surface area contributed by atoms with Gasteiger partial charge in [0.15, 0.2) is 0 Å². The summed E-state index contributed by atoms with van der Waals surface area (Å²) in [5.41, 5.74) is 5.01. The lowest BCUT2D eigenvalue weighted by molar-refractivity contribution is -0.144. The summed E-state index contributed by atoms with van der Waals surface area (Å²) in [5.74, 6) is 1.36. The van der Waals surface area contributed by atoms with Gasteiger partial charge in [0.1, 0.15) is 0 Å². The molecule has 34 heavy (non-hydrogen) atoms. The molecule has 2 fully saturated rings. The summed E-state index contributed by atoms with van der Waals surface area (Å²) in [5, 5.41) is 3.52. The van der Waals surface area contributed by atoms with Crippen molar-refractivity contribution >= 4 is 11.5 Å². The largest absolute Gasteiger partial charge is 0.498 e. The van der Waals surface area contributed by atoms with Crippen LogP contribution in [0, 0.1) is 5.92 Å². The summed E-state index contributed by atoms with van der Waals surface area (Å²) in [6.07, 6.45) is 6.18. The molecule has 0 radical (unpaired) electrons. The van der Waals surface area contributed by atoms with Gasteiger partial charge in [-0.25, -0.2) is 0 Å². The van der Waals surface area contributed by atoms with Gasteiger partial charge >= 0.3 is 0 Å². The van der Waals surface area contributed by atoms with E-state index in [0.29, 0.717) is 32.9 Å². The van der Waals surface area contributed by atoms with Crippen molar-refractivity contribution < 1.29 is 14.3 Å². The highest BCUT2D eigenvalue weighted by atomic mass is 16.5. The Labute approximate surface area is 202 Å². The lowest BCUT2D eigenvalue weighted by Gasteiger charge is -2.38. The Kier molecular flexibility index (Phi) is 7.12. The third-order valence-corrected chi connectivity index (χ3v) is 7.27. The first-order valence-electron chi connectivity index (χ1n) is 12.5. The van der Waals surface area contributed by atoms with Crippen molar-refractivity contribution in [1.82, 2.24) is 10.2 Å². The molecule has 2 aromatic rings. The monoisotopic (exact) mass is 458 g/mol. The number of morpholine rings is 1. The van der Waals surface area contributed by atoms with Gasteiger partial charge in [-0.15, -0.1) is 0 Å². The van der Waals surface area contributed by atoms with E-state index in [2.05, 4.69) is 58.8 Å². The number of ether oxygens (including phenoxy) is 2. The fourth-order valence-corrected chi connectivity index (χ4v) is 5.56. The molecule has 2 heterocycles. The molecule has 3 aliphatic rings. The molecule has 2 saturated heterocycles. The van der Waals surface area contributed by atoms with Crippen LogP contribution in [0.25, 0.3) is 5.57 Å². The van der Waals surface area contributed by atoms with Crippen LogP contribution in [0.15, 0.2) is 72.5 Å². The number of benzene rings is 2. The topological polar surface area (TPSA) is 50.8 Å². The zero-order valence-electron chi connectivity index (χ0n) is 19.9. The molecular weight excluding hydrogens is 424 g/mol. The SMILES string of the molecule is CCOC1=CC=C(c2ccccc2[C@@H]2CNC[C@H]2C(=O)N2CCOC[C@@H]2c2ccccc2)CC1. The Hall–Kier alpha value is -2.89. The second kappa shape index (κ2) is 10.6. The van der Waals surface area contributed by atoms with Gasteiger partial charge in [0.2, 0.25) is 5.91 Å². The van der Waals surface area contributed by atoms with Crippen molar-refractivity contribution in [1.29, 1.82) is 0 Å². The van der Waals surface area contributed by atoms with E-state index in [1.807, 2.05) is 25.1 Å². The molecule has 178 valence electrons. The number of nitrogens with zero attached hydrogens (tertiary/aromatic N) is 1. The van der Waals surface area contributed by atoms with Crippen LogP contribution in [0.4, 0.5) is 0 Å². The predicted octanol–water partition coefficient (Wildman–Crippen LogP) is 4.69. The van der Waals surface area contributed by atoms with Gasteiger partial charge in [-0.2, -0.15) is 0 Å². The highest BCUT2D eigenvalue weighted by molar-refractivity contribution is 5.82. The first-order chi connectivity index (χ1) is 16.8. The Morgan fingerprint density at radius 2 is 1.88 bits per heavy atom. The minimum atomic E-state index is -0.0795. The van der Waals surface area contributed by atoms with Crippen LogP contribution in [0.2, 0.25) is 0 Å². The van der Waals surface area contributed by atoms with Crippen LogP contribution >= 0.6 is 0 Å². The van der Waals surface area contributed by atoms with E-state index in [9.17, 15) is 4.79 Å². The van der Waals surface area contributed by atoms with Gasteiger partial charge in [-0.1, -0.05) is 60.7 Å². The van der Waals surface area contributed by atoms with Crippen LogP contribution in [0.3, 0.4) is 0 Å². The molecule has 1 amide bonds. The second-order valence-electron chi connectivity index (χ2n) is 9.25. The fraction of sp³-hybridized carbons (Fsp3) is 0.414. The summed E-state index contributed by atoms with van der Waals surface area (Å²) >= 11 is 0. The molecule has 5 heteroatoms. The van der Waals surface area contributed by atoms with E-state index in [1.165, 1.54) is 16.7 Å². The maximum Gasteiger partial charge on any atom is 0.228 e. The van der Waals surface area contributed by atoms with Gasteiger partial charge in [-0.3, -0.25) is 4.79 Å². The number of amides is 1. The molecule has 0 saturated carbocycles. The standard InChI is InChI=1S/C29H34N2O3/c1-2-34-23-14-12-21(13-15-23)24-10-6-7-11-25(24)26-18-30-19-27(26)29(32)31-16-17-33-20-28(31)22-8-4-3-5-9-22/h3-12,14,26-28,30H,2,13,15-20H2,1H3/t26-,27+,28+/m0/s1. The molecule has 0 unspecified atom stereocenters. The fourth-order valence-electron chi connectivity index (χ4n) is 5.56. The Balaban J connectivity index is 1.41. The van der Waals surface area contributed by atoms with Gasteiger partial charge in [0, 0.05) is 32.0 Å². The van der Waals surface area contributed by atoms with Crippen LogP contribution < -0.4 is 5.32 Å². The Bertz CT molecular complexity index is 1060. The zero-order chi connectivity index (χ0) is 23.3. The maximum atomic E-state index is 14.0. The van der Waals surface area contributed by atoms with Crippen molar-refractivity contribution in [3.05, 3.63) is 89.2 Å². The second-order valence-corrected chi connectivity index (χ2v) is 9.25. The molecule has 2 aromatic carbocycles. The number of carbonyl (C=O) groups is 1. The van der Waals surface area contributed by atoms with Gasteiger partial charge in [-0.05, 0) is 41.7 Å². The normalized spacial score (nSPS) is 25.0. The highest BCUT2D eigenvalue weighted by Gasteiger charge is 2.40. The van der Waals surface area contributed by atoms with Crippen molar-refractivity contribution in [2.75, 3.05) is 39.5 Å². The maximum absolute atomic E-state index is 14.0. The van der Waals surface area contributed by atoms with E-state index in [0.717, 1.165) is 30.7 Å². The number of hydrogen-bond acceptors (Lipinski definition) is 4. The molecule has 3 atom stereocenters. The third-order valence-electron chi connectivity index (χ3n) is 7.27. The lowest BCUT2D eigenvalue weighted by Crippen LogP contribution is -2.47. The Morgan fingerprint density at radius 3 is 2.68 bits per heavy atom. The summed E-state index contributed by atoms with van der Waals surface area (Å²) in [6, 6.07) is 18.9. The minimum absolute atomic E-state index is 0.0258. The van der Waals surface area contributed by atoms with Crippen LogP contribution in [0.1, 0.15) is 48.4 Å². The lowest BCUT2D eigenvalue weighted by atomic mass is 9.81. The average molecular weight is 459 g/mol. The van der Waals surface area contributed by atoms with Gasteiger partial charge in [0.05, 0.1) is 37.5 Å². The summed E-state index contributed by atoms with van der Waals surface area (Å²) < 4.78 is 11.5. The Morgan fingerprint density at radius 1 is 1.06 bits per heavy atom. The number of hydrogen-bond donors (Lipinski definition) is 1. The predicted molar refractivity (Wildman–Crippen MR) is 134 cm³/mol. The van der Waals surface area contributed by atoms with E-state index in [-0.39, 0.29) is 23.8 Å². The minimum Gasteiger partial charge on any atom is -0.498 e. The molecule has 0 spiro atoms. The summed E-state index contributed by atoms with van der Waals surface area (Å²) in [6.45, 7) is 6.05. The van der Waals surface area contributed by atoms with Crippen molar-refractivity contribution in [3.8, 4) is 0 Å². The smallest absolute Gasteiger partial charge is 0.228 e. The number of carbonyl (C=O) groups excluding carboxylic acids is 1. The number of nitrogens with one attached hydrogen (secondary N) is 1. The van der Waals surface area contributed by atoms with Crippen LogP contribution in [-0.4, -0.2) is 50.3 Å². The van der Waals surface area contributed by atoms with Crippen molar-refractivity contribution in [3.63, 3.8) is 0 Å². The molecule has 2 aliphatic heterocycles. The molecule has 5 rings (SSSR count). The number of allylic oxidation sites excluding steroid dienone is 4. The van der Waals surface area contributed by atoms with E-state index in [1.54, 1.807) is 0 Å². The quantitative estimate of drug-likeness (QED) is 0.683. The van der Waals surface area contributed by atoms with Crippen LogP contribution in [-0.2, 0) is 14.3 Å². The van der Waals surface area contributed by atoms with Gasteiger partial charge in [0.25, 0.3) is 0 Å².